The molecule has 0 bridgehead atoms. The van der Waals surface area contributed by atoms with Gasteiger partial charge >= 0.3 is 6.09 Å². The number of rotatable bonds is 6. The third-order valence-corrected chi connectivity index (χ3v) is 3.26. The molecule has 0 aromatic heterocycles. The summed E-state index contributed by atoms with van der Waals surface area (Å²) in [7, 11) is 1.65. The fourth-order valence-corrected chi connectivity index (χ4v) is 2.28. The van der Waals surface area contributed by atoms with Gasteiger partial charge in [0.2, 0.25) is 0 Å². The van der Waals surface area contributed by atoms with Gasteiger partial charge in [-0.05, 0) is 45.9 Å². The molecule has 5 nitrogen and oxygen atoms in total. The minimum atomic E-state index is -0.485. The van der Waals surface area contributed by atoms with E-state index in [1.807, 2.05) is 45.9 Å². The van der Waals surface area contributed by atoms with Gasteiger partial charge in [0.15, 0.2) is 0 Å². The molecule has 0 spiro atoms. The summed E-state index contributed by atoms with van der Waals surface area (Å²) in [4.78, 5) is 11.7. The van der Waals surface area contributed by atoms with Crippen molar-refractivity contribution in [1.29, 1.82) is 0 Å². The number of carbonyl (C=O) groups excluding carboxylic acids is 1. The van der Waals surface area contributed by atoms with Crippen LogP contribution >= 0.6 is 15.9 Å². The van der Waals surface area contributed by atoms with Crippen LogP contribution in [0.4, 0.5) is 4.79 Å². The van der Waals surface area contributed by atoms with Crippen LogP contribution in [0.15, 0.2) is 22.7 Å². The van der Waals surface area contributed by atoms with Crippen molar-refractivity contribution in [3.05, 3.63) is 28.2 Å². The zero-order valence-electron chi connectivity index (χ0n) is 13.8. The number of hydrogen-bond donors (Lipinski definition) is 2. The summed E-state index contributed by atoms with van der Waals surface area (Å²) in [6.45, 7) is 8.74. The summed E-state index contributed by atoms with van der Waals surface area (Å²) in [5, 5.41) is 6.10. The second-order valence-corrected chi connectivity index (χ2v) is 7.05. The van der Waals surface area contributed by atoms with Crippen molar-refractivity contribution in [2.75, 3.05) is 13.7 Å². The van der Waals surface area contributed by atoms with Crippen LogP contribution in [0.2, 0.25) is 0 Å². The molecule has 1 amide bonds. The van der Waals surface area contributed by atoms with E-state index in [0.29, 0.717) is 13.1 Å². The van der Waals surface area contributed by atoms with E-state index in [-0.39, 0.29) is 6.04 Å². The van der Waals surface area contributed by atoms with Gasteiger partial charge in [0, 0.05) is 29.2 Å². The van der Waals surface area contributed by atoms with Crippen molar-refractivity contribution >= 4 is 22.0 Å². The van der Waals surface area contributed by atoms with Crippen LogP contribution in [0.5, 0.6) is 5.75 Å². The predicted octanol–water partition coefficient (Wildman–Crippen LogP) is 3.46. The van der Waals surface area contributed by atoms with Crippen molar-refractivity contribution in [3.8, 4) is 5.75 Å². The SMILES string of the molecule is COc1ccc(Br)cc1CNCC(C)NC(=O)OC(C)(C)C. The number of ether oxygens (including phenoxy) is 2. The maximum absolute atomic E-state index is 11.7. The van der Waals surface area contributed by atoms with Gasteiger partial charge in [-0.1, -0.05) is 15.9 Å². The number of alkyl carbamates (subject to hydrolysis) is 1. The Balaban J connectivity index is 2.41. The number of nitrogens with one attached hydrogen (secondary N) is 2. The van der Waals surface area contributed by atoms with Crippen LogP contribution in [-0.4, -0.2) is 31.4 Å². The first-order chi connectivity index (χ1) is 10.2. The minimum absolute atomic E-state index is 0.0343. The van der Waals surface area contributed by atoms with Crippen molar-refractivity contribution in [1.82, 2.24) is 10.6 Å². The third kappa shape index (κ3) is 7.13. The van der Waals surface area contributed by atoms with Gasteiger partial charge in [-0.15, -0.1) is 0 Å². The molecule has 1 atom stereocenters. The standard InChI is InChI=1S/C16H25BrN2O3/c1-11(19-15(20)22-16(2,3)4)9-18-10-12-8-13(17)6-7-14(12)21-5/h6-8,11,18H,9-10H2,1-5H3,(H,19,20). The quantitative estimate of drug-likeness (QED) is 0.802. The molecule has 22 heavy (non-hydrogen) atoms. The van der Waals surface area contributed by atoms with Crippen LogP contribution in [-0.2, 0) is 11.3 Å². The first kappa shape index (κ1) is 18.8. The predicted molar refractivity (Wildman–Crippen MR) is 91.2 cm³/mol. The molecule has 6 heteroatoms. The Labute approximate surface area is 140 Å². The van der Waals surface area contributed by atoms with Gasteiger partial charge in [0.05, 0.1) is 7.11 Å². The largest absolute Gasteiger partial charge is 0.496 e. The summed E-state index contributed by atoms with van der Waals surface area (Å²) in [5.41, 5.74) is 0.572. The van der Waals surface area contributed by atoms with Crippen LogP contribution in [0.25, 0.3) is 0 Å². The fraction of sp³-hybridized carbons (Fsp3) is 0.562. The van der Waals surface area contributed by atoms with Crippen molar-refractivity contribution in [2.24, 2.45) is 0 Å². The van der Waals surface area contributed by atoms with Crippen LogP contribution in [0.1, 0.15) is 33.3 Å². The molecule has 1 aromatic carbocycles. The van der Waals surface area contributed by atoms with Gasteiger partial charge in [0.1, 0.15) is 11.4 Å². The van der Waals surface area contributed by atoms with E-state index in [2.05, 4.69) is 26.6 Å². The first-order valence-electron chi connectivity index (χ1n) is 7.24. The lowest BCUT2D eigenvalue weighted by atomic mass is 10.2. The lowest BCUT2D eigenvalue weighted by Crippen LogP contribution is -2.42. The molecule has 0 radical (unpaired) electrons. The van der Waals surface area contributed by atoms with Gasteiger partial charge in [-0.25, -0.2) is 4.79 Å². The highest BCUT2D eigenvalue weighted by molar-refractivity contribution is 9.10. The topological polar surface area (TPSA) is 59.6 Å². The van der Waals surface area contributed by atoms with E-state index < -0.39 is 11.7 Å². The second kappa shape index (κ2) is 8.39. The van der Waals surface area contributed by atoms with Crippen LogP contribution in [0, 0.1) is 0 Å². The smallest absolute Gasteiger partial charge is 0.407 e. The van der Waals surface area contributed by atoms with Gasteiger partial charge in [-0.2, -0.15) is 0 Å². The maximum Gasteiger partial charge on any atom is 0.407 e. The number of carbonyl (C=O) groups is 1. The molecule has 1 unspecified atom stereocenters. The van der Waals surface area contributed by atoms with E-state index in [9.17, 15) is 4.79 Å². The molecular weight excluding hydrogens is 348 g/mol. The molecule has 0 fully saturated rings. The van der Waals surface area contributed by atoms with Crippen molar-refractivity contribution in [2.45, 2.75) is 45.9 Å². The maximum atomic E-state index is 11.7. The second-order valence-electron chi connectivity index (χ2n) is 6.13. The molecule has 0 aliphatic carbocycles. The Hall–Kier alpha value is -1.27. The first-order valence-corrected chi connectivity index (χ1v) is 8.03. The number of hydrogen-bond acceptors (Lipinski definition) is 4. The Morgan fingerprint density at radius 2 is 2.05 bits per heavy atom. The molecule has 1 aromatic rings. The number of amides is 1. The average molecular weight is 373 g/mol. The molecule has 0 aliphatic rings. The fourth-order valence-electron chi connectivity index (χ4n) is 1.87. The normalized spacial score (nSPS) is 12.6. The molecule has 124 valence electrons. The minimum Gasteiger partial charge on any atom is -0.496 e. The lowest BCUT2D eigenvalue weighted by molar-refractivity contribution is 0.0508. The van der Waals surface area contributed by atoms with E-state index in [4.69, 9.17) is 9.47 Å². The Morgan fingerprint density at radius 1 is 1.36 bits per heavy atom. The number of methoxy groups -OCH3 is 1. The lowest BCUT2D eigenvalue weighted by Gasteiger charge is -2.22. The van der Waals surface area contributed by atoms with E-state index in [0.717, 1.165) is 15.8 Å². The van der Waals surface area contributed by atoms with Crippen molar-refractivity contribution < 1.29 is 14.3 Å². The van der Waals surface area contributed by atoms with Crippen LogP contribution < -0.4 is 15.4 Å². The van der Waals surface area contributed by atoms with Crippen LogP contribution in [0.3, 0.4) is 0 Å². The Morgan fingerprint density at radius 3 is 2.64 bits per heavy atom. The molecular formula is C16H25BrN2O3. The highest BCUT2D eigenvalue weighted by atomic mass is 79.9. The zero-order valence-corrected chi connectivity index (χ0v) is 15.4. The van der Waals surface area contributed by atoms with E-state index in [1.165, 1.54) is 0 Å². The number of benzene rings is 1. The Kier molecular flexibility index (Phi) is 7.16. The molecule has 1 rings (SSSR count). The molecule has 0 aliphatic heterocycles. The summed E-state index contributed by atoms with van der Waals surface area (Å²) in [6, 6.07) is 5.84. The molecule has 0 heterocycles. The molecule has 0 saturated carbocycles. The van der Waals surface area contributed by atoms with Gasteiger partial charge in [-0.3, -0.25) is 0 Å². The molecule has 2 N–H and O–H groups in total. The van der Waals surface area contributed by atoms with Crippen molar-refractivity contribution in [3.63, 3.8) is 0 Å². The highest BCUT2D eigenvalue weighted by Crippen LogP contribution is 2.22. The summed E-state index contributed by atoms with van der Waals surface area (Å²) in [5.74, 6) is 0.837. The van der Waals surface area contributed by atoms with E-state index in [1.54, 1.807) is 7.11 Å². The number of halogens is 1. The van der Waals surface area contributed by atoms with Gasteiger partial charge in [0.25, 0.3) is 0 Å². The summed E-state index contributed by atoms with van der Waals surface area (Å²) >= 11 is 3.45. The zero-order chi connectivity index (χ0) is 16.8. The Bertz CT molecular complexity index is 501. The molecule has 0 saturated heterocycles. The summed E-state index contributed by atoms with van der Waals surface area (Å²) < 4.78 is 11.6. The summed E-state index contributed by atoms with van der Waals surface area (Å²) in [6.07, 6.45) is -0.401. The highest BCUT2D eigenvalue weighted by Gasteiger charge is 2.17. The van der Waals surface area contributed by atoms with E-state index >= 15 is 0 Å². The monoisotopic (exact) mass is 372 g/mol. The third-order valence-electron chi connectivity index (χ3n) is 2.77. The average Bonchev–Trinajstić information content (AvgIpc) is 2.36. The van der Waals surface area contributed by atoms with Gasteiger partial charge < -0.3 is 20.1 Å².